The maximum absolute atomic E-state index is 12.2. The van der Waals surface area contributed by atoms with E-state index in [-0.39, 0.29) is 30.8 Å². The third-order valence-corrected chi connectivity index (χ3v) is 5.16. The highest BCUT2D eigenvalue weighted by molar-refractivity contribution is 5.92. The van der Waals surface area contributed by atoms with E-state index < -0.39 is 6.09 Å². The predicted molar refractivity (Wildman–Crippen MR) is 125 cm³/mol. The van der Waals surface area contributed by atoms with Crippen LogP contribution in [0, 0.1) is 5.92 Å². The summed E-state index contributed by atoms with van der Waals surface area (Å²) in [7, 11) is 1.53. The summed E-state index contributed by atoms with van der Waals surface area (Å²) in [6.45, 7) is 6.70. The molecule has 182 valence electrons. The number of carbonyl (C=O) groups excluding carboxylic acids is 3. The Labute approximate surface area is 198 Å². The lowest BCUT2D eigenvalue weighted by Gasteiger charge is -2.19. The van der Waals surface area contributed by atoms with Gasteiger partial charge in [-0.15, -0.1) is 0 Å². The molecule has 2 amide bonds. The molecule has 0 aliphatic carbocycles. The van der Waals surface area contributed by atoms with Crippen LogP contribution in [0.5, 0.6) is 17.2 Å². The molecule has 2 aromatic carbocycles. The lowest BCUT2D eigenvalue weighted by atomic mass is 10.1. The van der Waals surface area contributed by atoms with E-state index in [0.29, 0.717) is 53.8 Å². The van der Waals surface area contributed by atoms with Gasteiger partial charge in [0.2, 0.25) is 5.91 Å². The summed E-state index contributed by atoms with van der Waals surface area (Å²) >= 11 is 0. The van der Waals surface area contributed by atoms with Crippen LogP contribution in [-0.2, 0) is 32.0 Å². The third kappa shape index (κ3) is 6.40. The van der Waals surface area contributed by atoms with Gasteiger partial charge in [0.15, 0.2) is 11.5 Å². The number of hydrogen-bond donors (Lipinski definition) is 1. The van der Waals surface area contributed by atoms with E-state index in [2.05, 4.69) is 5.32 Å². The molecule has 1 fully saturated rings. The molecule has 0 saturated carbocycles. The van der Waals surface area contributed by atoms with Gasteiger partial charge in [-0.3, -0.25) is 9.59 Å². The van der Waals surface area contributed by atoms with Crippen LogP contribution in [0.4, 0.5) is 10.5 Å². The first-order valence-corrected chi connectivity index (χ1v) is 11.2. The molecule has 9 heteroatoms. The van der Waals surface area contributed by atoms with E-state index in [9.17, 15) is 14.4 Å². The van der Waals surface area contributed by atoms with Crippen molar-refractivity contribution in [3.63, 3.8) is 0 Å². The van der Waals surface area contributed by atoms with Crippen molar-refractivity contribution in [2.75, 3.05) is 32.2 Å². The molecule has 0 radical (unpaired) electrons. The van der Waals surface area contributed by atoms with E-state index in [1.54, 1.807) is 48.2 Å². The van der Waals surface area contributed by atoms with E-state index >= 15 is 0 Å². The Kier molecular flexibility index (Phi) is 8.34. The topological polar surface area (TPSA) is 103 Å². The zero-order valence-electron chi connectivity index (χ0n) is 19.9. The molecule has 2 aromatic rings. The summed E-state index contributed by atoms with van der Waals surface area (Å²) in [5.41, 5.74) is 1.98. The summed E-state index contributed by atoms with van der Waals surface area (Å²) in [4.78, 5) is 37.7. The summed E-state index contributed by atoms with van der Waals surface area (Å²) in [6.07, 6.45) is -0.308. The number of methoxy groups -OCH3 is 1. The number of ether oxygens (including phenoxy) is 4. The second-order valence-corrected chi connectivity index (χ2v) is 8.07. The molecule has 1 aliphatic rings. The van der Waals surface area contributed by atoms with Crippen molar-refractivity contribution in [1.82, 2.24) is 4.90 Å². The van der Waals surface area contributed by atoms with Crippen molar-refractivity contribution in [3.8, 4) is 17.2 Å². The van der Waals surface area contributed by atoms with Crippen LogP contribution in [0.15, 0.2) is 36.4 Å². The van der Waals surface area contributed by atoms with Crippen LogP contribution in [0.3, 0.4) is 0 Å². The molecule has 0 unspecified atom stereocenters. The molecule has 1 saturated heterocycles. The maximum atomic E-state index is 12.2. The first kappa shape index (κ1) is 24.9. The zero-order valence-corrected chi connectivity index (χ0v) is 19.9. The van der Waals surface area contributed by atoms with Gasteiger partial charge in [-0.1, -0.05) is 19.9 Å². The van der Waals surface area contributed by atoms with Crippen molar-refractivity contribution in [1.29, 1.82) is 0 Å². The second kappa shape index (κ2) is 11.4. The molecular weight excluding hydrogens is 440 g/mol. The lowest BCUT2D eigenvalue weighted by molar-refractivity contribution is -0.142. The average Bonchev–Trinajstić information content (AvgIpc) is 3.20. The zero-order chi connectivity index (χ0) is 24.7. The molecule has 0 bridgehead atoms. The molecule has 1 aliphatic heterocycles. The standard InChI is InChI=1S/C25H30N2O7/c1-5-32-23(28)13-17-6-8-21(31-4)22(12-17)34-20-9-7-19(26-24(29)16(2)3)14-18(20)15-27-10-11-33-25(27)30/h6-9,12,14,16H,5,10-11,13,15H2,1-4H3,(H,26,29). The number of esters is 1. The van der Waals surface area contributed by atoms with Gasteiger partial charge in [-0.2, -0.15) is 0 Å². The molecule has 0 atom stereocenters. The summed E-state index contributed by atoms with van der Waals surface area (Å²) in [5, 5.41) is 2.87. The Morgan fingerprint density at radius 1 is 1.12 bits per heavy atom. The Morgan fingerprint density at radius 3 is 2.53 bits per heavy atom. The van der Waals surface area contributed by atoms with E-state index in [1.165, 1.54) is 7.11 Å². The van der Waals surface area contributed by atoms with Crippen LogP contribution in [0.1, 0.15) is 31.9 Å². The second-order valence-electron chi connectivity index (χ2n) is 8.07. The largest absolute Gasteiger partial charge is 0.493 e. The van der Waals surface area contributed by atoms with Crippen molar-refractivity contribution in [3.05, 3.63) is 47.5 Å². The minimum atomic E-state index is -0.406. The SMILES string of the molecule is CCOC(=O)Cc1ccc(OC)c(Oc2ccc(NC(=O)C(C)C)cc2CN2CCOC2=O)c1. The number of carbonyl (C=O) groups is 3. The predicted octanol–water partition coefficient (Wildman–Crippen LogP) is 4.14. The minimum absolute atomic E-state index is 0.0981. The fourth-order valence-electron chi connectivity index (χ4n) is 3.35. The Morgan fingerprint density at radius 2 is 1.88 bits per heavy atom. The minimum Gasteiger partial charge on any atom is -0.493 e. The van der Waals surface area contributed by atoms with Gasteiger partial charge < -0.3 is 29.2 Å². The summed E-state index contributed by atoms with van der Waals surface area (Å²) in [5.74, 6) is 0.739. The number of anilines is 1. The number of cyclic esters (lactones) is 1. The van der Waals surface area contributed by atoms with Crippen molar-refractivity contribution >= 4 is 23.7 Å². The molecule has 1 heterocycles. The number of amides is 2. The summed E-state index contributed by atoms with van der Waals surface area (Å²) in [6, 6.07) is 10.4. The number of benzene rings is 2. The maximum Gasteiger partial charge on any atom is 0.410 e. The van der Waals surface area contributed by atoms with Gasteiger partial charge in [-0.25, -0.2) is 4.79 Å². The lowest BCUT2D eigenvalue weighted by Crippen LogP contribution is -2.24. The fourth-order valence-corrected chi connectivity index (χ4v) is 3.35. The van der Waals surface area contributed by atoms with Gasteiger partial charge in [0, 0.05) is 17.2 Å². The molecule has 0 spiro atoms. The quantitative estimate of drug-likeness (QED) is 0.521. The highest BCUT2D eigenvalue weighted by atomic mass is 16.6. The normalized spacial score (nSPS) is 13.0. The van der Waals surface area contributed by atoms with Crippen molar-refractivity contribution in [2.24, 2.45) is 5.92 Å². The van der Waals surface area contributed by atoms with Gasteiger partial charge in [0.05, 0.1) is 33.2 Å². The number of hydrogen-bond acceptors (Lipinski definition) is 7. The Balaban J connectivity index is 1.91. The van der Waals surface area contributed by atoms with E-state index in [0.717, 1.165) is 0 Å². The summed E-state index contributed by atoms with van der Waals surface area (Å²) < 4.78 is 21.7. The van der Waals surface area contributed by atoms with Crippen LogP contribution < -0.4 is 14.8 Å². The first-order chi connectivity index (χ1) is 16.3. The first-order valence-electron chi connectivity index (χ1n) is 11.2. The molecular formula is C25H30N2O7. The highest BCUT2D eigenvalue weighted by Gasteiger charge is 2.24. The third-order valence-electron chi connectivity index (χ3n) is 5.16. The average molecular weight is 471 g/mol. The van der Waals surface area contributed by atoms with Crippen LogP contribution in [0.25, 0.3) is 0 Å². The van der Waals surface area contributed by atoms with Gasteiger partial charge in [0.25, 0.3) is 0 Å². The van der Waals surface area contributed by atoms with Crippen molar-refractivity contribution < 1.29 is 33.3 Å². The fraction of sp³-hybridized carbons (Fsp3) is 0.400. The Hall–Kier alpha value is -3.75. The smallest absolute Gasteiger partial charge is 0.410 e. The van der Waals surface area contributed by atoms with Crippen LogP contribution in [0.2, 0.25) is 0 Å². The van der Waals surface area contributed by atoms with E-state index in [4.69, 9.17) is 18.9 Å². The molecule has 9 nitrogen and oxygen atoms in total. The van der Waals surface area contributed by atoms with Crippen LogP contribution in [-0.4, -0.2) is 49.7 Å². The molecule has 34 heavy (non-hydrogen) atoms. The molecule has 3 rings (SSSR count). The number of nitrogens with one attached hydrogen (secondary N) is 1. The van der Waals surface area contributed by atoms with Crippen molar-refractivity contribution in [2.45, 2.75) is 33.7 Å². The highest BCUT2D eigenvalue weighted by Crippen LogP contribution is 2.36. The van der Waals surface area contributed by atoms with Crippen LogP contribution >= 0.6 is 0 Å². The van der Waals surface area contributed by atoms with E-state index in [1.807, 2.05) is 13.8 Å². The number of rotatable bonds is 10. The van der Waals surface area contributed by atoms with Gasteiger partial charge in [0.1, 0.15) is 12.4 Å². The van der Waals surface area contributed by atoms with Gasteiger partial charge >= 0.3 is 12.1 Å². The monoisotopic (exact) mass is 470 g/mol. The molecule has 1 N–H and O–H groups in total. The molecule has 0 aromatic heterocycles. The Bertz CT molecular complexity index is 1050. The number of nitrogens with zero attached hydrogens (tertiary/aromatic N) is 1. The van der Waals surface area contributed by atoms with Gasteiger partial charge in [-0.05, 0) is 42.8 Å².